The minimum Gasteiger partial charge on any atom is -0.379 e. The number of nitrogens with zero attached hydrogens (tertiary/aromatic N) is 2. The fraction of sp³-hybridized carbons (Fsp3) is 1.00. The third-order valence-electron chi connectivity index (χ3n) is 5.53. The molecule has 0 bridgehead atoms. The van der Waals surface area contributed by atoms with Crippen LogP contribution in [0.2, 0.25) is 0 Å². The lowest BCUT2D eigenvalue weighted by atomic mass is 9.71. The van der Waals surface area contributed by atoms with Gasteiger partial charge in [0.15, 0.2) is 0 Å². The average Bonchev–Trinajstić information content (AvgIpc) is 2.48. The summed E-state index contributed by atoms with van der Waals surface area (Å²) in [6.45, 7) is 11.8. The van der Waals surface area contributed by atoms with Crippen LogP contribution >= 0.6 is 0 Å². The first-order chi connectivity index (χ1) is 10.1. The predicted octanol–water partition coefficient (Wildman–Crippen LogP) is 3.39. The van der Waals surface area contributed by atoms with E-state index in [1.807, 2.05) is 0 Å². The van der Waals surface area contributed by atoms with Gasteiger partial charge in [-0.05, 0) is 104 Å². The van der Waals surface area contributed by atoms with E-state index in [-0.39, 0.29) is 0 Å². The zero-order chi connectivity index (χ0) is 15.1. The molecule has 2 aliphatic rings. The summed E-state index contributed by atoms with van der Waals surface area (Å²) >= 11 is 0. The standard InChI is InChI=1S/C18H36N2O/c1-17(2)21-16-6-4-5-11-20-14-9-18(10-15-20)7-12-19(3)13-8-18/h17H,4-16H2,1-3H3. The van der Waals surface area contributed by atoms with Crippen LogP contribution in [-0.2, 0) is 4.74 Å². The Morgan fingerprint density at radius 3 is 2.14 bits per heavy atom. The Morgan fingerprint density at radius 1 is 0.905 bits per heavy atom. The lowest BCUT2D eigenvalue weighted by Crippen LogP contribution is -2.46. The van der Waals surface area contributed by atoms with Crippen molar-refractivity contribution in [2.24, 2.45) is 5.41 Å². The summed E-state index contributed by atoms with van der Waals surface area (Å²) < 4.78 is 5.60. The van der Waals surface area contributed by atoms with Crippen molar-refractivity contribution in [2.75, 3.05) is 46.4 Å². The Balaban J connectivity index is 1.53. The van der Waals surface area contributed by atoms with Crippen LogP contribution in [0.3, 0.4) is 0 Å². The molecule has 0 saturated carbocycles. The molecule has 0 aromatic rings. The monoisotopic (exact) mass is 296 g/mol. The zero-order valence-corrected chi connectivity index (χ0v) is 14.6. The van der Waals surface area contributed by atoms with Crippen LogP contribution in [0.4, 0.5) is 0 Å². The molecule has 0 radical (unpaired) electrons. The fourth-order valence-corrected chi connectivity index (χ4v) is 3.78. The number of rotatable bonds is 7. The molecule has 0 amide bonds. The fourth-order valence-electron chi connectivity index (χ4n) is 3.78. The maximum absolute atomic E-state index is 5.60. The SMILES string of the molecule is CC(C)OCCCCCN1CCC2(CCN(C)CC2)CC1. The van der Waals surface area contributed by atoms with Crippen LogP contribution in [0.25, 0.3) is 0 Å². The summed E-state index contributed by atoms with van der Waals surface area (Å²) in [6.07, 6.45) is 10.0. The molecule has 3 nitrogen and oxygen atoms in total. The van der Waals surface area contributed by atoms with Crippen LogP contribution in [0.15, 0.2) is 0 Å². The number of hydrogen-bond acceptors (Lipinski definition) is 3. The summed E-state index contributed by atoms with van der Waals surface area (Å²) in [6, 6.07) is 0. The van der Waals surface area contributed by atoms with Crippen molar-refractivity contribution in [3.8, 4) is 0 Å². The first-order valence-corrected chi connectivity index (χ1v) is 9.12. The maximum Gasteiger partial charge on any atom is 0.0518 e. The molecule has 2 heterocycles. The number of piperidine rings is 2. The van der Waals surface area contributed by atoms with Gasteiger partial charge in [-0.15, -0.1) is 0 Å². The topological polar surface area (TPSA) is 15.7 Å². The van der Waals surface area contributed by atoms with Crippen molar-refractivity contribution in [1.29, 1.82) is 0 Å². The quantitative estimate of drug-likeness (QED) is 0.670. The van der Waals surface area contributed by atoms with E-state index in [4.69, 9.17) is 4.74 Å². The van der Waals surface area contributed by atoms with Gasteiger partial charge in [0.25, 0.3) is 0 Å². The molecule has 0 unspecified atom stereocenters. The van der Waals surface area contributed by atoms with E-state index in [0.717, 1.165) is 6.61 Å². The second kappa shape index (κ2) is 8.50. The van der Waals surface area contributed by atoms with Gasteiger partial charge in [-0.1, -0.05) is 0 Å². The summed E-state index contributed by atoms with van der Waals surface area (Å²) in [4.78, 5) is 5.20. The molecule has 2 fully saturated rings. The van der Waals surface area contributed by atoms with Crippen molar-refractivity contribution in [2.45, 2.75) is 64.9 Å². The van der Waals surface area contributed by atoms with Crippen molar-refractivity contribution in [3.63, 3.8) is 0 Å². The predicted molar refractivity (Wildman–Crippen MR) is 89.8 cm³/mol. The molecule has 0 aromatic carbocycles. The third-order valence-corrected chi connectivity index (χ3v) is 5.53. The second-order valence-electron chi connectivity index (χ2n) is 7.63. The largest absolute Gasteiger partial charge is 0.379 e. The molecule has 1 spiro atoms. The highest BCUT2D eigenvalue weighted by Gasteiger charge is 2.36. The van der Waals surface area contributed by atoms with Gasteiger partial charge >= 0.3 is 0 Å². The van der Waals surface area contributed by atoms with Gasteiger partial charge in [0.1, 0.15) is 0 Å². The Morgan fingerprint density at radius 2 is 1.52 bits per heavy atom. The summed E-state index contributed by atoms with van der Waals surface area (Å²) in [5.74, 6) is 0. The lowest BCUT2D eigenvalue weighted by molar-refractivity contribution is 0.0415. The van der Waals surface area contributed by atoms with E-state index in [2.05, 4.69) is 30.7 Å². The summed E-state index contributed by atoms with van der Waals surface area (Å²) in [5.41, 5.74) is 0.702. The van der Waals surface area contributed by atoms with Gasteiger partial charge in [-0.3, -0.25) is 0 Å². The smallest absolute Gasteiger partial charge is 0.0518 e. The van der Waals surface area contributed by atoms with Gasteiger partial charge in [-0.25, -0.2) is 0 Å². The number of likely N-dealkylation sites (tertiary alicyclic amines) is 2. The minimum absolute atomic E-state index is 0.387. The Labute approximate surface area is 132 Å². The van der Waals surface area contributed by atoms with E-state index in [1.54, 1.807) is 0 Å². The van der Waals surface area contributed by atoms with Crippen LogP contribution in [0, 0.1) is 5.41 Å². The van der Waals surface area contributed by atoms with Gasteiger partial charge in [0, 0.05) is 6.61 Å². The molecular formula is C18H36N2O. The number of hydrogen-bond donors (Lipinski definition) is 0. The molecular weight excluding hydrogens is 260 g/mol. The van der Waals surface area contributed by atoms with Crippen LogP contribution in [0.5, 0.6) is 0 Å². The van der Waals surface area contributed by atoms with Crippen molar-refractivity contribution >= 4 is 0 Å². The molecule has 0 N–H and O–H groups in total. The van der Waals surface area contributed by atoms with Crippen LogP contribution < -0.4 is 0 Å². The molecule has 0 aliphatic carbocycles. The van der Waals surface area contributed by atoms with Gasteiger partial charge in [0.05, 0.1) is 6.10 Å². The third kappa shape index (κ3) is 5.88. The Bertz CT molecular complexity index is 275. The lowest BCUT2D eigenvalue weighted by Gasteiger charge is -2.46. The summed E-state index contributed by atoms with van der Waals surface area (Å²) in [7, 11) is 2.27. The van der Waals surface area contributed by atoms with Crippen molar-refractivity contribution < 1.29 is 4.74 Å². The molecule has 0 aromatic heterocycles. The summed E-state index contributed by atoms with van der Waals surface area (Å²) in [5, 5.41) is 0. The zero-order valence-electron chi connectivity index (χ0n) is 14.6. The number of unbranched alkanes of at least 4 members (excludes halogenated alkanes) is 2. The van der Waals surface area contributed by atoms with Crippen molar-refractivity contribution in [3.05, 3.63) is 0 Å². The van der Waals surface area contributed by atoms with E-state index in [9.17, 15) is 0 Å². The maximum atomic E-state index is 5.60. The Hall–Kier alpha value is -0.120. The highest BCUT2D eigenvalue weighted by atomic mass is 16.5. The Kier molecular flexibility index (Phi) is 6.97. The van der Waals surface area contributed by atoms with E-state index in [0.29, 0.717) is 11.5 Å². The molecule has 2 saturated heterocycles. The average molecular weight is 296 g/mol. The van der Waals surface area contributed by atoms with E-state index >= 15 is 0 Å². The molecule has 124 valence electrons. The number of ether oxygens (including phenoxy) is 1. The first kappa shape index (κ1) is 17.2. The van der Waals surface area contributed by atoms with Gasteiger partial charge in [-0.2, -0.15) is 0 Å². The molecule has 3 heteroatoms. The molecule has 2 rings (SSSR count). The van der Waals surface area contributed by atoms with Crippen molar-refractivity contribution in [1.82, 2.24) is 9.80 Å². The first-order valence-electron chi connectivity index (χ1n) is 9.12. The van der Waals surface area contributed by atoms with Gasteiger partial charge < -0.3 is 14.5 Å². The van der Waals surface area contributed by atoms with Crippen LogP contribution in [-0.4, -0.2) is 62.3 Å². The van der Waals surface area contributed by atoms with E-state index < -0.39 is 0 Å². The van der Waals surface area contributed by atoms with E-state index in [1.165, 1.54) is 77.7 Å². The normalized spacial score (nSPS) is 24.0. The molecule has 21 heavy (non-hydrogen) atoms. The van der Waals surface area contributed by atoms with Gasteiger partial charge in [0.2, 0.25) is 0 Å². The second-order valence-corrected chi connectivity index (χ2v) is 7.63. The highest BCUT2D eigenvalue weighted by molar-refractivity contribution is 4.89. The minimum atomic E-state index is 0.387. The molecule has 2 aliphatic heterocycles. The highest BCUT2D eigenvalue weighted by Crippen LogP contribution is 2.40. The molecule has 0 atom stereocenters. The van der Waals surface area contributed by atoms with Crippen LogP contribution in [0.1, 0.15) is 58.8 Å².